The van der Waals surface area contributed by atoms with E-state index in [0.717, 1.165) is 53.9 Å². The number of thiophene rings is 1. The van der Waals surface area contributed by atoms with Crippen molar-refractivity contribution in [3.63, 3.8) is 0 Å². The molecule has 3 aromatic rings. The van der Waals surface area contributed by atoms with Gasteiger partial charge in [-0.3, -0.25) is 4.79 Å². The molecule has 0 saturated carbocycles. The molecule has 8 heteroatoms. The number of piperidine rings is 1. The number of hydrogen-bond acceptors (Lipinski definition) is 6. The molecule has 0 bridgehead atoms. The molecule has 1 aliphatic rings. The van der Waals surface area contributed by atoms with Crippen molar-refractivity contribution in [3.8, 4) is 5.75 Å². The Bertz CT molecular complexity index is 1080. The second-order valence-electron chi connectivity index (χ2n) is 7.53. The molecule has 158 valence electrons. The van der Waals surface area contributed by atoms with Gasteiger partial charge in [-0.2, -0.15) is 0 Å². The monoisotopic (exact) mass is 444 g/mol. The summed E-state index contributed by atoms with van der Waals surface area (Å²) in [7, 11) is 1.58. The van der Waals surface area contributed by atoms with E-state index in [1.54, 1.807) is 30.8 Å². The van der Waals surface area contributed by atoms with Crippen LogP contribution in [-0.4, -0.2) is 36.1 Å². The van der Waals surface area contributed by atoms with Gasteiger partial charge >= 0.3 is 0 Å². The molecule has 2 aromatic heterocycles. The zero-order valence-electron chi connectivity index (χ0n) is 17.4. The molecule has 1 amide bonds. The van der Waals surface area contributed by atoms with Gasteiger partial charge in [0.15, 0.2) is 0 Å². The lowest BCUT2D eigenvalue weighted by atomic mass is 9.95. The number of amides is 1. The number of ether oxygens (including phenoxy) is 1. The van der Waals surface area contributed by atoms with Gasteiger partial charge in [-0.15, -0.1) is 11.3 Å². The van der Waals surface area contributed by atoms with E-state index in [4.69, 9.17) is 16.3 Å². The number of benzene rings is 1. The van der Waals surface area contributed by atoms with Crippen LogP contribution < -0.4 is 15.0 Å². The summed E-state index contributed by atoms with van der Waals surface area (Å²) in [6, 6.07) is 5.79. The Balaban J connectivity index is 1.44. The fraction of sp³-hybridized carbons (Fsp3) is 0.409. The van der Waals surface area contributed by atoms with Gasteiger partial charge in [0.1, 0.15) is 22.7 Å². The lowest BCUT2D eigenvalue weighted by Crippen LogP contribution is -2.38. The minimum absolute atomic E-state index is 0.0197. The van der Waals surface area contributed by atoms with E-state index in [9.17, 15) is 4.79 Å². The molecule has 4 rings (SSSR count). The number of nitrogens with zero attached hydrogens (tertiary/aromatic N) is 3. The van der Waals surface area contributed by atoms with Gasteiger partial charge in [-0.25, -0.2) is 9.97 Å². The highest BCUT2D eigenvalue weighted by molar-refractivity contribution is 7.18. The third-order valence-corrected chi connectivity index (χ3v) is 7.21. The van der Waals surface area contributed by atoms with Crippen LogP contribution in [0, 0.1) is 12.8 Å². The second kappa shape index (κ2) is 8.78. The van der Waals surface area contributed by atoms with Crippen LogP contribution >= 0.6 is 22.9 Å². The van der Waals surface area contributed by atoms with Crippen LogP contribution in [0.15, 0.2) is 24.5 Å². The zero-order valence-corrected chi connectivity index (χ0v) is 18.9. The van der Waals surface area contributed by atoms with Crippen molar-refractivity contribution in [2.24, 2.45) is 5.92 Å². The van der Waals surface area contributed by atoms with E-state index >= 15 is 0 Å². The van der Waals surface area contributed by atoms with E-state index < -0.39 is 0 Å². The van der Waals surface area contributed by atoms with Crippen LogP contribution in [0.2, 0.25) is 5.02 Å². The molecule has 1 fully saturated rings. The average Bonchev–Trinajstić information content (AvgIpc) is 3.19. The summed E-state index contributed by atoms with van der Waals surface area (Å²) in [6.07, 6.45) is 4.19. The second-order valence-corrected chi connectivity index (χ2v) is 9.06. The average molecular weight is 445 g/mol. The van der Waals surface area contributed by atoms with E-state index in [1.807, 2.05) is 13.0 Å². The Kier molecular flexibility index (Phi) is 6.11. The number of carbonyl (C=O) groups excluding carboxylic acids is 1. The third kappa shape index (κ3) is 4.09. The summed E-state index contributed by atoms with van der Waals surface area (Å²) < 4.78 is 5.38. The SMILES string of the molecule is CCc1cc2c(N3CCC(C(=O)Nc4cc(C)c(Cl)cc4OC)CC3)ncnc2s1. The molecule has 1 N–H and O–H groups in total. The lowest BCUT2D eigenvalue weighted by Gasteiger charge is -2.32. The maximum Gasteiger partial charge on any atom is 0.227 e. The first kappa shape index (κ1) is 20.9. The summed E-state index contributed by atoms with van der Waals surface area (Å²) in [5, 5.41) is 4.76. The molecule has 1 saturated heterocycles. The summed E-state index contributed by atoms with van der Waals surface area (Å²) in [5.41, 5.74) is 1.56. The van der Waals surface area contributed by atoms with Gasteiger partial charge in [-0.05, 0) is 43.9 Å². The van der Waals surface area contributed by atoms with Crippen LogP contribution in [0.3, 0.4) is 0 Å². The maximum atomic E-state index is 12.9. The van der Waals surface area contributed by atoms with Crippen molar-refractivity contribution in [3.05, 3.63) is 40.0 Å². The number of hydrogen-bond donors (Lipinski definition) is 1. The van der Waals surface area contributed by atoms with Crippen LogP contribution in [0.1, 0.15) is 30.2 Å². The van der Waals surface area contributed by atoms with Crippen molar-refractivity contribution in [2.45, 2.75) is 33.1 Å². The van der Waals surface area contributed by atoms with Crippen molar-refractivity contribution in [1.29, 1.82) is 0 Å². The number of halogens is 1. The van der Waals surface area contributed by atoms with E-state index in [1.165, 1.54) is 4.88 Å². The zero-order chi connectivity index (χ0) is 21.3. The number of fused-ring (bicyclic) bond motifs is 1. The maximum absolute atomic E-state index is 12.9. The Morgan fingerprint density at radius 2 is 2.07 bits per heavy atom. The molecule has 0 radical (unpaired) electrons. The van der Waals surface area contributed by atoms with Crippen LogP contribution in [0.4, 0.5) is 11.5 Å². The first-order valence-electron chi connectivity index (χ1n) is 10.1. The quantitative estimate of drug-likeness (QED) is 0.594. The highest BCUT2D eigenvalue weighted by atomic mass is 35.5. The largest absolute Gasteiger partial charge is 0.495 e. The number of rotatable bonds is 5. The molecule has 30 heavy (non-hydrogen) atoms. The van der Waals surface area contributed by atoms with E-state index in [2.05, 4.69) is 33.2 Å². The molecule has 0 unspecified atom stereocenters. The van der Waals surface area contributed by atoms with Gasteiger partial charge in [0, 0.05) is 35.0 Å². The van der Waals surface area contributed by atoms with E-state index in [0.29, 0.717) is 16.5 Å². The number of methoxy groups -OCH3 is 1. The number of aryl methyl sites for hydroxylation is 2. The predicted molar refractivity (Wildman–Crippen MR) is 123 cm³/mol. The predicted octanol–water partition coefficient (Wildman–Crippen LogP) is 5.08. The molecule has 1 aromatic carbocycles. The van der Waals surface area contributed by atoms with Crippen LogP contribution in [0.5, 0.6) is 5.75 Å². The van der Waals surface area contributed by atoms with Gasteiger partial charge in [0.2, 0.25) is 5.91 Å². The topological polar surface area (TPSA) is 67.4 Å². The first-order valence-corrected chi connectivity index (χ1v) is 11.3. The number of nitrogens with one attached hydrogen (secondary N) is 1. The minimum Gasteiger partial charge on any atom is -0.495 e. The highest BCUT2D eigenvalue weighted by Crippen LogP contribution is 2.34. The van der Waals surface area contributed by atoms with E-state index in [-0.39, 0.29) is 11.8 Å². The molecule has 0 aliphatic carbocycles. The molecule has 3 heterocycles. The van der Waals surface area contributed by atoms with Gasteiger partial charge in [0.05, 0.1) is 18.2 Å². The first-order chi connectivity index (χ1) is 14.5. The van der Waals surface area contributed by atoms with Gasteiger partial charge in [-0.1, -0.05) is 18.5 Å². The van der Waals surface area contributed by atoms with Crippen molar-refractivity contribution < 1.29 is 9.53 Å². The summed E-state index contributed by atoms with van der Waals surface area (Å²) >= 11 is 7.89. The minimum atomic E-state index is -0.0482. The van der Waals surface area contributed by atoms with Gasteiger partial charge < -0.3 is 15.0 Å². The Labute approximate surface area is 185 Å². The van der Waals surface area contributed by atoms with Crippen molar-refractivity contribution in [1.82, 2.24) is 9.97 Å². The summed E-state index contributed by atoms with van der Waals surface area (Å²) in [4.78, 5) is 26.5. The molecule has 0 spiro atoms. The number of carbonyl (C=O) groups is 1. The van der Waals surface area contributed by atoms with Crippen molar-refractivity contribution in [2.75, 3.05) is 30.4 Å². The Morgan fingerprint density at radius 1 is 1.30 bits per heavy atom. The standard InChI is InChI=1S/C22H25ClN4O2S/c1-4-15-10-16-20(24-12-25-22(16)30-15)27-7-5-14(6-8-27)21(28)26-18-9-13(2)17(23)11-19(18)29-3/h9-12,14H,4-8H2,1-3H3,(H,26,28). The molecule has 0 atom stereocenters. The van der Waals surface area contributed by atoms with Crippen LogP contribution in [-0.2, 0) is 11.2 Å². The molecule has 6 nitrogen and oxygen atoms in total. The van der Waals surface area contributed by atoms with Crippen molar-refractivity contribution >= 4 is 50.6 Å². The fourth-order valence-corrected chi connectivity index (χ4v) is 4.92. The summed E-state index contributed by atoms with van der Waals surface area (Å²) in [5.74, 6) is 1.52. The Hall–Kier alpha value is -2.38. The molecular weight excluding hydrogens is 420 g/mol. The van der Waals surface area contributed by atoms with Gasteiger partial charge in [0.25, 0.3) is 0 Å². The number of aromatic nitrogens is 2. The third-order valence-electron chi connectivity index (χ3n) is 5.61. The fourth-order valence-electron chi connectivity index (χ4n) is 3.84. The summed E-state index contributed by atoms with van der Waals surface area (Å²) in [6.45, 7) is 5.64. The number of anilines is 2. The smallest absolute Gasteiger partial charge is 0.227 e. The molecular formula is C22H25ClN4O2S. The van der Waals surface area contributed by atoms with Crippen LogP contribution in [0.25, 0.3) is 10.2 Å². The normalized spacial score (nSPS) is 14.9. The molecule has 1 aliphatic heterocycles. The highest BCUT2D eigenvalue weighted by Gasteiger charge is 2.27. The lowest BCUT2D eigenvalue weighted by molar-refractivity contribution is -0.120. The Morgan fingerprint density at radius 3 is 2.77 bits per heavy atom.